The molecule has 0 unspecified atom stereocenters. The van der Waals surface area contributed by atoms with E-state index < -0.39 is 0 Å². The van der Waals surface area contributed by atoms with Gasteiger partial charge in [-0.05, 0) is 85.6 Å². The number of carbonyl (C=O) groups excluding carboxylic acids is 1. The predicted molar refractivity (Wildman–Crippen MR) is 120 cm³/mol. The number of hydrogen-bond donors (Lipinski definition) is 2. The lowest BCUT2D eigenvalue weighted by molar-refractivity contribution is 0.0944. The molecule has 2 aromatic rings. The van der Waals surface area contributed by atoms with Crippen LogP contribution in [0.5, 0.6) is 0 Å². The van der Waals surface area contributed by atoms with E-state index in [4.69, 9.17) is 4.74 Å². The van der Waals surface area contributed by atoms with Crippen LogP contribution in [0.25, 0.3) is 0 Å². The monoisotopic (exact) mass is 404 g/mol. The highest BCUT2D eigenvalue weighted by atomic mass is 16.5. The molecule has 2 saturated carbocycles. The minimum atomic E-state index is 0.0270. The van der Waals surface area contributed by atoms with Crippen LogP contribution in [0.15, 0.2) is 48.5 Å². The molecule has 0 spiro atoms. The molecule has 3 aliphatic rings. The van der Waals surface area contributed by atoms with Gasteiger partial charge in [0, 0.05) is 31.0 Å². The summed E-state index contributed by atoms with van der Waals surface area (Å²) in [5.74, 6) is 2.77. The van der Waals surface area contributed by atoms with Crippen molar-refractivity contribution in [1.29, 1.82) is 0 Å². The maximum absolute atomic E-state index is 12.7. The van der Waals surface area contributed by atoms with Gasteiger partial charge >= 0.3 is 0 Å². The fourth-order valence-electron chi connectivity index (χ4n) is 6.24. The second kappa shape index (κ2) is 8.43. The highest BCUT2D eigenvalue weighted by Gasteiger charge is 2.53. The van der Waals surface area contributed by atoms with E-state index >= 15 is 0 Å². The summed E-state index contributed by atoms with van der Waals surface area (Å²) in [6.07, 6.45) is 4.87. The molecule has 2 aromatic carbocycles. The molecule has 1 heterocycles. The smallest absolute Gasteiger partial charge is 0.251 e. The topological polar surface area (TPSA) is 50.4 Å². The number of amides is 1. The van der Waals surface area contributed by atoms with Gasteiger partial charge in [0.15, 0.2) is 0 Å². The lowest BCUT2D eigenvalue weighted by atomic mass is 9.68. The molecular formula is C26H32N2O2. The third-order valence-corrected chi connectivity index (χ3v) is 7.46. The normalized spacial score (nSPS) is 28.5. The third kappa shape index (κ3) is 3.51. The molecule has 0 saturated heterocycles. The van der Waals surface area contributed by atoms with E-state index in [1.54, 1.807) is 0 Å². The van der Waals surface area contributed by atoms with E-state index in [-0.39, 0.29) is 5.91 Å². The van der Waals surface area contributed by atoms with E-state index in [0.717, 1.165) is 30.4 Å². The maximum atomic E-state index is 12.7. The number of benzene rings is 2. The molecule has 2 N–H and O–H groups in total. The van der Waals surface area contributed by atoms with Crippen LogP contribution in [-0.2, 0) is 4.74 Å². The first-order chi connectivity index (χ1) is 14.8. The fourth-order valence-corrected chi connectivity index (χ4v) is 6.24. The quantitative estimate of drug-likeness (QED) is 0.628. The number of nitrogens with one attached hydrogen (secondary N) is 2. The summed E-state index contributed by atoms with van der Waals surface area (Å²) < 4.78 is 5.36. The first-order valence-corrected chi connectivity index (χ1v) is 11.6. The number of ether oxygens (including phenoxy) is 1. The zero-order chi connectivity index (χ0) is 20.5. The third-order valence-electron chi connectivity index (χ3n) is 7.46. The molecule has 1 aliphatic heterocycles. The van der Waals surface area contributed by atoms with Crippen molar-refractivity contribution in [2.45, 2.75) is 44.6 Å². The van der Waals surface area contributed by atoms with Crippen LogP contribution in [-0.4, -0.2) is 25.7 Å². The van der Waals surface area contributed by atoms with Gasteiger partial charge in [-0.3, -0.25) is 4.79 Å². The second-order valence-corrected chi connectivity index (χ2v) is 9.08. The summed E-state index contributed by atoms with van der Waals surface area (Å²) in [7, 11) is 0. The lowest BCUT2D eigenvalue weighted by Gasteiger charge is -2.43. The van der Waals surface area contributed by atoms with Crippen molar-refractivity contribution in [3.8, 4) is 0 Å². The molecule has 1 amide bonds. The van der Waals surface area contributed by atoms with Gasteiger partial charge in [0.1, 0.15) is 0 Å². The van der Waals surface area contributed by atoms with Gasteiger partial charge in [0.2, 0.25) is 0 Å². The molecule has 4 nitrogen and oxygen atoms in total. The first kappa shape index (κ1) is 19.6. The maximum Gasteiger partial charge on any atom is 0.251 e. The van der Waals surface area contributed by atoms with Crippen LogP contribution in [0, 0.1) is 17.8 Å². The fraction of sp³-hybridized carbons (Fsp3) is 0.500. The molecular weight excluding hydrogens is 372 g/mol. The van der Waals surface area contributed by atoms with Gasteiger partial charge in [0.25, 0.3) is 5.91 Å². The van der Waals surface area contributed by atoms with Gasteiger partial charge in [-0.2, -0.15) is 0 Å². The number of rotatable bonds is 7. The van der Waals surface area contributed by atoms with E-state index in [9.17, 15) is 4.79 Å². The molecule has 0 aromatic heterocycles. The summed E-state index contributed by atoms with van der Waals surface area (Å²) in [5, 5.41) is 6.91. The van der Waals surface area contributed by atoms with Crippen LogP contribution in [0.4, 0.5) is 5.69 Å². The Hall–Kier alpha value is -2.33. The van der Waals surface area contributed by atoms with Crippen molar-refractivity contribution in [1.82, 2.24) is 5.32 Å². The van der Waals surface area contributed by atoms with E-state index in [1.807, 2.05) is 13.0 Å². The van der Waals surface area contributed by atoms with Crippen molar-refractivity contribution in [2.75, 3.05) is 25.1 Å². The van der Waals surface area contributed by atoms with Crippen LogP contribution in [0.1, 0.15) is 66.1 Å². The SMILES string of the molecule is CCOCCCNC(=O)c1ccc2c(c1)[C@@H]1[C@@H]3CC[C@@H](C3)[C@@H]1[C@H](c1ccccc1)N2. The van der Waals surface area contributed by atoms with Crippen molar-refractivity contribution >= 4 is 11.6 Å². The Morgan fingerprint density at radius 3 is 2.80 bits per heavy atom. The Morgan fingerprint density at radius 2 is 1.97 bits per heavy atom. The van der Waals surface area contributed by atoms with Crippen LogP contribution < -0.4 is 10.6 Å². The largest absolute Gasteiger partial charge is 0.382 e. The summed E-state index contributed by atoms with van der Waals surface area (Å²) in [6.45, 7) is 4.06. The molecule has 4 heteroatoms. The summed E-state index contributed by atoms with van der Waals surface area (Å²) >= 11 is 0. The average molecular weight is 405 g/mol. The van der Waals surface area contributed by atoms with Gasteiger partial charge in [-0.15, -0.1) is 0 Å². The highest BCUT2D eigenvalue weighted by Crippen LogP contribution is 2.63. The lowest BCUT2D eigenvalue weighted by Crippen LogP contribution is -2.35. The first-order valence-electron chi connectivity index (χ1n) is 11.6. The van der Waals surface area contributed by atoms with Crippen molar-refractivity contribution in [2.24, 2.45) is 17.8 Å². The van der Waals surface area contributed by atoms with Gasteiger partial charge < -0.3 is 15.4 Å². The molecule has 2 fully saturated rings. The van der Waals surface area contributed by atoms with Gasteiger partial charge in [-0.1, -0.05) is 30.3 Å². The Labute approximate surface area is 179 Å². The van der Waals surface area contributed by atoms with Gasteiger partial charge in [-0.25, -0.2) is 0 Å². The average Bonchev–Trinajstić information content (AvgIpc) is 3.41. The number of carbonyl (C=O) groups is 1. The molecule has 0 radical (unpaired) electrons. The number of anilines is 1. The zero-order valence-electron chi connectivity index (χ0n) is 17.8. The Balaban J connectivity index is 1.39. The van der Waals surface area contributed by atoms with Gasteiger partial charge in [0.05, 0.1) is 6.04 Å². The molecule has 2 bridgehead atoms. The van der Waals surface area contributed by atoms with E-state index in [1.165, 1.54) is 36.1 Å². The Morgan fingerprint density at radius 1 is 1.13 bits per heavy atom. The minimum absolute atomic E-state index is 0.0270. The zero-order valence-corrected chi connectivity index (χ0v) is 17.8. The molecule has 5 rings (SSSR count). The van der Waals surface area contributed by atoms with Crippen molar-refractivity contribution in [3.63, 3.8) is 0 Å². The molecule has 158 valence electrons. The minimum Gasteiger partial charge on any atom is -0.382 e. The van der Waals surface area contributed by atoms with Crippen molar-refractivity contribution < 1.29 is 9.53 Å². The van der Waals surface area contributed by atoms with E-state index in [0.29, 0.717) is 31.0 Å². The number of fused-ring (bicyclic) bond motifs is 7. The van der Waals surface area contributed by atoms with E-state index in [2.05, 4.69) is 53.1 Å². The van der Waals surface area contributed by atoms with Crippen molar-refractivity contribution in [3.05, 3.63) is 65.2 Å². The van der Waals surface area contributed by atoms with Crippen LogP contribution in [0.2, 0.25) is 0 Å². The summed E-state index contributed by atoms with van der Waals surface area (Å²) in [6, 6.07) is 17.5. The van der Waals surface area contributed by atoms with Crippen LogP contribution >= 0.6 is 0 Å². The Bertz CT molecular complexity index is 897. The summed E-state index contributed by atoms with van der Waals surface area (Å²) in [4.78, 5) is 12.7. The number of hydrogen-bond acceptors (Lipinski definition) is 3. The Kier molecular flexibility index (Phi) is 5.51. The molecule has 5 atom stereocenters. The molecule has 2 aliphatic carbocycles. The predicted octanol–water partition coefficient (Wildman–Crippen LogP) is 5.14. The summed E-state index contributed by atoms with van der Waals surface area (Å²) in [5.41, 5.74) is 4.75. The highest BCUT2D eigenvalue weighted by molar-refractivity contribution is 5.95. The second-order valence-electron chi connectivity index (χ2n) is 9.08. The van der Waals surface area contributed by atoms with Crippen LogP contribution in [0.3, 0.4) is 0 Å². The molecule has 30 heavy (non-hydrogen) atoms. The standard InChI is InChI=1S/C26H32N2O2/c1-2-30-14-6-13-27-26(29)20-11-12-22-21(16-20)23-18-9-10-19(15-18)24(23)25(28-22)17-7-4-3-5-8-17/h3-5,7-8,11-12,16,18-19,23-25,28H,2,6,9-10,13-15H2,1H3,(H,27,29)/t18-,19+,23+,24+,25+/m1/s1.